The highest BCUT2D eigenvalue weighted by molar-refractivity contribution is 5.94. The van der Waals surface area contributed by atoms with E-state index in [1.807, 2.05) is 55.8 Å². The molecule has 0 fully saturated rings. The van der Waals surface area contributed by atoms with E-state index < -0.39 is 5.91 Å². The summed E-state index contributed by atoms with van der Waals surface area (Å²) >= 11 is 0. The quantitative estimate of drug-likeness (QED) is 0.747. The molecule has 0 spiro atoms. The molecule has 3 rings (SSSR count). The van der Waals surface area contributed by atoms with Gasteiger partial charge in [0.1, 0.15) is 0 Å². The first-order valence-corrected chi connectivity index (χ1v) is 8.16. The van der Waals surface area contributed by atoms with Gasteiger partial charge < -0.3 is 10.4 Å². The molecule has 0 saturated carbocycles. The van der Waals surface area contributed by atoms with E-state index in [9.17, 15) is 9.90 Å². The van der Waals surface area contributed by atoms with Crippen LogP contribution in [0.25, 0.3) is 5.69 Å². The number of benzene rings is 1. The topological polar surface area (TPSA) is 85.0 Å². The molecule has 0 saturated heterocycles. The molecular formula is C18H21N5O2. The predicted molar refractivity (Wildman–Crippen MR) is 93.8 cm³/mol. The van der Waals surface area contributed by atoms with Gasteiger partial charge in [-0.05, 0) is 32.9 Å². The van der Waals surface area contributed by atoms with Crippen molar-refractivity contribution in [1.82, 2.24) is 24.9 Å². The van der Waals surface area contributed by atoms with Gasteiger partial charge >= 0.3 is 0 Å². The zero-order valence-corrected chi connectivity index (χ0v) is 14.5. The summed E-state index contributed by atoms with van der Waals surface area (Å²) in [5.74, 6) is -0.575. The Balaban J connectivity index is 1.76. The molecule has 7 nitrogen and oxygen atoms in total. The third-order valence-electron chi connectivity index (χ3n) is 4.19. The molecule has 0 unspecified atom stereocenters. The molecule has 0 aliphatic carbocycles. The van der Waals surface area contributed by atoms with Gasteiger partial charge in [0, 0.05) is 24.3 Å². The number of carbonyl (C=O) groups is 1. The van der Waals surface area contributed by atoms with Crippen molar-refractivity contribution in [3.63, 3.8) is 0 Å². The van der Waals surface area contributed by atoms with E-state index in [2.05, 4.69) is 15.5 Å². The predicted octanol–water partition coefficient (Wildman–Crippen LogP) is 2.34. The summed E-state index contributed by atoms with van der Waals surface area (Å²) in [5, 5.41) is 21.5. The second-order valence-corrected chi connectivity index (χ2v) is 5.79. The van der Waals surface area contributed by atoms with Crippen molar-refractivity contribution >= 4 is 5.91 Å². The number of nitrogens with zero attached hydrogens (tertiary/aromatic N) is 4. The molecule has 0 bridgehead atoms. The summed E-state index contributed by atoms with van der Waals surface area (Å²) in [4.78, 5) is 12.4. The van der Waals surface area contributed by atoms with Crippen molar-refractivity contribution in [1.29, 1.82) is 0 Å². The number of hydrogen-bond donors (Lipinski definition) is 2. The zero-order valence-electron chi connectivity index (χ0n) is 14.5. The number of aromatic nitrogens is 4. The average molecular weight is 339 g/mol. The minimum atomic E-state index is -0.421. The average Bonchev–Trinajstić information content (AvgIpc) is 3.14. The van der Waals surface area contributed by atoms with Crippen molar-refractivity contribution in [2.75, 3.05) is 0 Å². The molecule has 0 aliphatic heterocycles. The van der Waals surface area contributed by atoms with Crippen LogP contribution in [0.4, 0.5) is 0 Å². The number of nitrogens with one attached hydrogen (secondary N) is 1. The third-order valence-corrected chi connectivity index (χ3v) is 4.19. The summed E-state index contributed by atoms with van der Waals surface area (Å²) in [7, 11) is 0. The van der Waals surface area contributed by atoms with Gasteiger partial charge in [-0.15, -0.1) is 0 Å². The van der Waals surface area contributed by atoms with E-state index in [-0.39, 0.29) is 11.4 Å². The lowest BCUT2D eigenvalue weighted by Crippen LogP contribution is -2.24. The molecule has 3 aromatic rings. The second-order valence-electron chi connectivity index (χ2n) is 5.79. The van der Waals surface area contributed by atoms with Crippen LogP contribution in [-0.4, -0.2) is 30.6 Å². The normalized spacial score (nSPS) is 10.8. The molecule has 0 aliphatic rings. The SMILES string of the molecule is CCn1nc(C)c(CNC(=O)c2nn(-c3ccccc3)cc2O)c1C. The standard InChI is InChI=1S/C18H21N5O2/c1-4-22-13(3)15(12(2)20-22)10-19-18(25)17-16(24)11-23(21-17)14-8-6-5-7-9-14/h5-9,11,24H,4,10H2,1-3H3,(H,19,25). The molecule has 7 heteroatoms. The highest BCUT2D eigenvalue weighted by Crippen LogP contribution is 2.18. The number of aryl methyl sites for hydroxylation is 2. The number of aromatic hydroxyl groups is 1. The maximum absolute atomic E-state index is 12.4. The Hall–Kier alpha value is -3.09. The van der Waals surface area contributed by atoms with Crippen molar-refractivity contribution < 1.29 is 9.90 Å². The first-order valence-electron chi connectivity index (χ1n) is 8.16. The number of hydrogen-bond acceptors (Lipinski definition) is 4. The highest BCUT2D eigenvalue weighted by atomic mass is 16.3. The second kappa shape index (κ2) is 6.80. The first kappa shape index (κ1) is 16.8. The minimum absolute atomic E-state index is 0.00189. The zero-order chi connectivity index (χ0) is 18.0. The van der Waals surface area contributed by atoms with Crippen LogP contribution in [0.15, 0.2) is 36.5 Å². The van der Waals surface area contributed by atoms with Crippen LogP contribution in [0.1, 0.15) is 34.4 Å². The van der Waals surface area contributed by atoms with Crippen LogP contribution in [0.5, 0.6) is 5.75 Å². The molecule has 130 valence electrons. The summed E-state index contributed by atoms with van der Waals surface area (Å²) in [6.07, 6.45) is 1.43. The third kappa shape index (κ3) is 3.26. The molecule has 1 amide bonds. The van der Waals surface area contributed by atoms with E-state index in [1.54, 1.807) is 0 Å². The number of para-hydroxylation sites is 1. The van der Waals surface area contributed by atoms with Gasteiger partial charge in [0.15, 0.2) is 11.4 Å². The van der Waals surface area contributed by atoms with E-state index in [1.165, 1.54) is 10.9 Å². The largest absolute Gasteiger partial charge is 0.504 e. The summed E-state index contributed by atoms with van der Waals surface area (Å²) in [6, 6.07) is 9.32. The lowest BCUT2D eigenvalue weighted by atomic mass is 10.2. The fraction of sp³-hybridized carbons (Fsp3) is 0.278. The van der Waals surface area contributed by atoms with E-state index in [0.717, 1.165) is 29.2 Å². The molecule has 25 heavy (non-hydrogen) atoms. The Bertz CT molecular complexity index is 896. The van der Waals surface area contributed by atoms with E-state index >= 15 is 0 Å². The monoisotopic (exact) mass is 339 g/mol. The maximum Gasteiger partial charge on any atom is 0.275 e. The molecule has 2 aromatic heterocycles. The summed E-state index contributed by atoms with van der Waals surface area (Å²) in [5.41, 5.74) is 3.67. The van der Waals surface area contributed by atoms with Gasteiger partial charge in [-0.3, -0.25) is 9.48 Å². The van der Waals surface area contributed by atoms with E-state index in [4.69, 9.17) is 0 Å². The van der Waals surface area contributed by atoms with Crippen LogP contribution < -0.4 is 5.32 Å². The molecule has 2 heterocycles. The Morgan fingerprint density at radius 3 is 2.56 bits per heavy atom. The molecule has 1 aromatic carbocycles. The van der Waals surface area contributed by atoms with Gasteiger partial charge in [-0.25, -0.2) is 4.68 Å². The number of amides is 1. The van der Waals surface area contributed by atoms with Gasteiger partial charge in [0.25, 0.3) is 5.91 Å². The molecule has 2 N–H and O–H groups in total. The van der Waals surface area contributed by atoms with Crippen LogP contribution >= 0.6 is 0 Å². The Morgan fingerprint density at radius 1 is 1.20 bits per heavy atom. The Morgan fingerprint density at radius 2 is 1.92 bits per heavy atom. The van der Waals surface area contributed by atoms with Gasteiger partial charge in [-0.2, -0.15) is 10.2 Å². The lowest BCUT2D eigenvalue weighted by Gasteiger charge is -2.05. The maximum atomic E-state index is 12.4. The van der Waals surface area contributed by atoms with Crippen molar-refractivity contribution in [2.24, 2.45) is 0 Å². The van der Waals surface area contributed by atoms with Crippen LogP contribution in [-0.2, 0) is 13.1 Å². The summed E-state index contributed by atoms with van der Waals surface area (Å²) in [6.45, 7) is 7.04. The van der Waals surface area contributed by atoms with Crippen LogP contribution in [0.2, 0.25) is 0 Å². The van der Waals surface area contributed by atoms with Crippen LogP contribution in [0, 0.1) is 13.8 Å². The van der Waals surface area contributed by atoms with Crippen LogP contribution in [0.3, 0.4) is 0 Å². The number of carbonyl (C=O) groups excluding carboxylic acids is 1. The Kier molecular flexibility index (Phi) is 4.56. The lowest BCUT2D eigenvalue weighted by molar-refractivity contribution is 0.0943. The van der Waals surface area contributed by atoms with Crippen molar-refractivity contribution in [2.45, 2.75) is 33.9 Å². The Labute approximate surface area is 145 Å². The van der Waals surface area contributed by atoms with E-state index in [0.29, 0.717) is 6.54 Å². The fourth-order valence-electron chi connectivity index (χ4n) is 2.79. The fourth-order valence-corrected chi connectivity index (χ4v) is 2.79. The molecule has 0 radical (unpaired) electrons. The van der Waals surface area contributed by atoms with Crippen molar-refractivity contribution in [3.05, 3.63) is 59.2 Å². The van der Waals surface area contributed by atoms with Gasteiger partial charge in [-0.1, -0.05) is 18.2 Å². The highest BCUT2D eigenvalue weighted by Gasteiger charge is 2.18. The van der Waals surface area contributed by atoms with Gasteiger partial charge in [0.2, 0.25) is 0 Å². The summed E-state index contributed by atoms with van der Waals surface area (Å²) < 4.78 is 3.38. The smallest absolute Gasteiger partial charge is 0.275 e. The minimum Gasteiger partial charge on any atom is -0.504 e. The number of rotatable bonds is 5. The van der Waals surface area contributed by atoms with Crippen molar-refractivity contribution in [3.8, 4) is 11.4 Å². The molecule has 0 atom stereocenters. The van der Waals surface area contributed by atoms with Gasteiger partial charge in [0.05, 0.1) is 17.6 Å². The molecular weight excluding hydrogens is 318 g/mol. The first-order chi connectivity index (χ1) is 12.0.